The Morgan fingerprint density at radius 1 is 0.261 bits per heavy atom. The maximum Gasteiger partial charge on any atom is 0.472 e. The molecule has 0 spiro atoms. The summed E-state index contributed by atoms with van der Waals surface area (Å²) in [4.78, 5) is 58.9. The van der Waals surface area contributed by atoms with E-state index in [1.807, 2.05) is 0 Å². The van der Waals surface area contributed by atoms with Crippen LogP contribution in [0.15, 0.2) is 170 Å². The van der Waals surface area contributed by atoms with Gasteiger partial charge in [-0.1, -0.05) is 339 Å². The second-order valence-electron chi connectivity index (χ2n) is 28.6. The number of carbonyl (C=O) groups is 3. The highest BCUT2D eigenvalue weighted by Gasteiger charge is 2.29. The summed E-state index contributed by atoms with van der Waals surface area (Å²) in [6.07, 6.45) is 108. The smallest absolute Gasteiger partial charge is 0.463 e. The number of unbranched alkanes of at least 4 members (excludes halogenated alkanes) is 30. The Bertz CT molecular complexity index is 2700. The summed E-state index contributed by atoms with van der Waals surface area (Å²) in [5.41, 5.74) is 0. The van der Waals surface area contributed by atoms with Crippen molar-refractivity contribution in [2.24, 2.45) is 0 Å². The zero-order valence-corrected chi connectivity index (χ0v) is 71.4. The Hall–Kier alpha value is -5.09. The molecule has 5 atom stereocenters. The minimum atomic E-state index is -4.95. The molecule has 18 heteroatoms. The fourth-order valence-electron chi connectivity index (χ4n) is 11.4. The molecular weight excluding hydrogens is 1430 g/mol. The molecule has 0 aliphatic carbocycles. The molecule has 0 aromatic rings. The third-order valence-electron chi connectivity index (χ3n) is 17.9. The Kier molecular flexibility index (Phi) is 80.4. The molecule has 0 aromatic heterocycles. The van der Waals surface area contributed by atoms with Crippen molar-refractivity contribution >= 4 is 33.6 Å². The lowest BCUT2D eigenvalue weighted by atomic mass is 10.0. The molecule has 5 unspecified atom stereocenters. The quantitative estimate of drug-likeness (QED) is 0.0146. The molecule has 4 N–H and O–H groups in total. The van der Waals surface area contributed by atoms with Crippen LogP contribution in [0.25, 0.3) is 0 Å². The van der Waals surface area contributed by atoms with E-state index in [-0.39, 0.29) is 19.3 Å². The second-order valence-corrected chi connectivity index (χ2v) is 31.5. The number of ether oxygens (including phenoxy) is 3. The molecule has 16 nitrogen and oxygen atoms in total. The van der Waals surface area contributed by atoms with Crippen LogP contribution < -0.4 is 0 Å². The molecule has 634 valence electrons. The third kappa shape index (κ3) is 85.6. The Balaban J connectivity index is 4.65. The van der Waals surface area contributed by atoms with Crippen molar-refractivity contribution in [2.75, 3.05) is 39.6 Å². The van der Waals surface area contributed by atoms with E-state index in [2.05, 4.69) is 191 Å². The van der Waals surface area contributed by atoms with Crippen molar-refractivity contribution in [1.82, 2.24) is 0 Å². The summed E-state index contributed by atoms with van der Waals surface area (Å²) in [5, 5.41) is 20.7. The molecule has 0 bridgehead atoms. The average molecular weight is 1590 g/mol. The number of hydrogen-bond donors (Lipinski definition) is 4. The first-order valence-corrected chi connectivity index (χ1v) is 46.4. The highest BCUT2D eigenvalue weighted by molar-refractivity contribution is 7.47. The predicted molar refractivity (Wildman–Crippen MR) is 463 cm³/mol. The molecule has 0 aliphatic heterocycles. The number of aliphatic hydroxyl groups is 2. The van der Waals surface area contributed by atoms with Gasteiger partial charge in [0.2, 0.25) is 0 Å². The lowest BCUT2D eigenvalue weighted by molar-refractivity contribution is -0.161. The summed E-state index contributed by atoms with van der Waals surface area (Å²) in [6, 6.07) is 0. The monoisotopic (exact) mass is 1590 g/mol. The lowest BCUT2D eigenvalue weighted by Crippen LogP contribution is -2.30. The molecule has 0 saturated carbocycles. The van der Waals surface area contributed by atoms with Gasteiger partial charge in [0.15, 0.2) is 6.10 Å². The van der Waals surface area contributed by atoms with Crippen LogP contribution in [0, 0.1) is 0 Å². The van der Waals surface area contributed by atoms with Gasteiger partial charge >= 0.3 is 33.6 Å². The zero-order valence-electron chi connectivity index (χ0n) is 69.6. The van der Waals surface area contributed by atoms with E-state index in [0.717, 1.165) is 180 Å². The Morgan fingerprint density at radius 2 is 0.477 bits per heavy atom. The lowest BCUT2D eigenvalue weighted by Gasteiger charge is -2.21. The maximum atomic E-state index is 13.0. The van der Waals surface area contributed by atoms with E-state index in [0.29, 0.717) is 19.3 Å². The molecule has 0 aliphatic rings. The van der Waals surface area contributed by atoms with Gasteiger partial charge in [0.25, 0.3) is 0 Å². The van der Waals surface area contributed by atoms with Gasteiger partial charge in [0, 0.05) is 19.3 Å². The first-order chi connectivity index (χ1) is 54.2. The van der Waals surface area contributed by atoms with Crippen molar-refractivity contribution < 1.29 is 75.8 Å². The molecule has 0 rings (SSSR count). The van der Waals surface area contributed by atoms with Gasteiger partial charge in [-0.15, -0.1) is 0 Å². The van der Waals surface area contributed by atoms with Gasteiger partial charge in [-0.2, -0.15) is 0 Å². The minimum absolute atomic E-state index is 0.0772. The number of esters is 3. The van der Waals surface area contributed by atoms with Crippen molar-refractivity contribution in [3.05, 3.63) is 170 Å². The molecule has 111 heavy (non-hydrogen) atoms. The van der Waals surface area contributed by atoms with Crippen LogP contribution in [0.5, 0.6) is 0 Å². The van der Waals surface area contributed by atoms with Gasteiger partial charge in [-0.25, -0.2) is 9.13 Å². The number of allylic oxidation sites excluding steroid dienone is 28. The fourth-order valence-corrected chi connectivity index (χ4v) is 13.0. The van der Waals surface area contributed by atoms with E-state index in [1.54, 1.807) is 0 Å². The van der Waals surface area contributed by atoms with E-state index >= 15 is 0 Å². The van der Waals surface area contributed by atoms with Crippen LogP contribution in [0.4, 0.5) is 0 Å². The number of carbonyl (C=O) groups excluding carboxylic acids is 3. The molecule has 0 radical (unpaired) electrons. The van der Waals surface area contributed by atoms with E-state index in [1.165, 1.54) is 103 Å². The molecule has 0 fully saturated rings. The van der Waals surface area contributed by atoms with Crippen LogP contribution in [0.1, 0.15) is 342 Å². The number of phosphoric ester groups is 2. The number of phosphoric acid groups is 2. The van der Waals surface area contributed by atoms with Crippen molar-refractivity contribution in [3.63, 3.8) is 0 Å². The van der Waals surface area contributed by atoms with Crippen LogP contribution >= 0.6 is 15.6 Å². The van der Waals surface area contributed by atoms with Gasteiger partial charge in [0.1, 0.15) is 25.4 Å². The number of rotatable bonds is 81. The molecule has 0 heterocycles. The van der Waals surface area contributed by atoms with Gasteiger partial charge in [-0.05, 0) is 154 Å². The fraction of sp³-hybridized carbons (Fsp3) is 0.667. The zero-order chi connectivity index (χ0) is 80.8. The first-order valence-electron chi connectivity index (χ1n) is 43.4. The van der Waals surface area contributed by atoms with Gasteiger partial charge in [-0.3, -0.25) is 32.5 Å². The molecule has 0 saturated heterocycles. The highest BCUT2D eigenvalue weighted by Crippen LogP contribution is 2.45. The highest BCUT2D eigenvalue weighted by atomic mass is 31.2. The molecule has 0 amide bonds. The standard InChI is InChI=1S/C93H156O16P2/c1-4-7-10-13-16-19-22-25-28-31-34-37-39-41-42-43-44-46-48-50-52-55-58-61-64-67-70-73-76-79-91(96)103-82-88(94)83-105-110(99,100)106-84-89(95)85-107-111(101,102)108-87-90(109-93(98)81-78-75-72-69-66-63-60-57-54-49-36-33-30-27-24-21-18-15-12-9-6-3)86-104-92(97)80-77-74-71-68-65-62-59-56-53-51-47-45-40-38-35-32-29-26-23-20-17-14-11-8-5-2/h7-8,10-11,16-21,25-30,34-38,41-42,45,47,49,57,60,88-90,94-95H,4-6,9,12-15,22-24,31-33,39-40,43-44,46,48,50-56,58-59,61-87H2,1-3H3,(H,99,100)(H,101,102)/b10-7-,11-8-,19-16-,20-17-,21-18-,28-25-,29-26-,30-27-,37-34-,38-35-,42-41-,47-45-,49-36-,60-57-. The van der Waals surface area contributed by atoms with Crippen LogP contribution in [0.3, 0.4) is 0 Å². The average Bonchev–Trinajstić information content (AvgIpc) is 0.898. The van der Waals surface area contributed by atoms with Crippen molar-refractivity contribution in [1.29, 1.82) is 0 Å². The molecular formula is C93H156O16P2. The first kappa shape index (κ1) is 106. The van der Waals surface area contributed by atoms with Crippen LogP contribution in [-0.4, -0.2) is 95.9 Å². The predicted octanol–water partition coefficient (Wildman–Crippen LogP) is 26.3. The summed E-state index contributed by atoms with van der Waals surface area (Å²) in [6.45, 7) is 2.42. The summed E-state index contributed by atoms with van der Waals surface area (Å²) in [5.74, 6) is -1.60. The van der Waals surface area contributed by atoms with Crippen LogP contribution in [0.2, 0.25) is 0 Å². The Morgan fingerprint density at radius 3 is 0.757 bits per heavy atom. The van der Waals surface area contributed by atoms with Crippen LogP contribution in [-0.2, 0) is 55.8 Å². The largest absolute Gasteiger partial charge is 0.472 e. The normalized spacial score (nSPS) is 14.7. The molecule has 0 aromatic carbocycles. The number of hydrogen-bond acceptors (Lipinski definition) is 14. The second kappa shape index (κ2) is 84.3. The summed E-state index contributed by atoms with van der Waals surface area (Å²) >= 11 is 0. The summed E-state index contributed by atoms with van der Waals surface area (Å²) < 4.78 is 61.4. The topological polar surface area (TPSA) is 231 Å². The minimum Gasteiger partial charge on any atom is -0.463 e. The van der Waals surface area contributed by atoms with E-state index in [4.69, 9.17) is 32.3 Å². The van der Waals surface area contributed by atoms with Crippen molar-refractivity contribution in [2.45, 2.75) is 360 Å². The van der Waals surface area contributed by atoms with Crippen molar-refractivity contribution in [3.8, 4) is 0 Å². The maximum absolute atomic E-state index is 13.0. The third-order valence-corrected chi connectivity index (χ3v) is 19.8. The summed E-state index contributed by atoms with van der Waals surface area (Å²) in [7, 11) is -9.82. The number of aliphatic hydroxyl groups excluding tert-OH is 2. The SMILES string of the molecule is CC/C=C\C/C=C\C/C=C\C/C=C\C/C=C\CCCCCCCCCCCCCCCC(=O)OCC(O)COP(=O)(O)OCC(O)COP(=O)(O)OCC(COC(=O)CCCCCCCCCCC/C=C\C/C=C\C/C=C\C/C=C\C/C=C\CC)OC(=O)CCCCCCC/C=C\C/C=C\C/C=C\C/C=C\CCCCC. The van der Waals surface area contributed by atoms with Gasteiger partial charge in [0.05, 0.1) is 26.4 Å². The van der Waals surface area contributed by atoms with E-state index in [9.17, 15) is 43.5 Å². The van der Waals surface area contributed by atoms with E-state index < -0.39 is 91.5 Å². The Labute approximate surface area is 675 Å². The van der Waals surface area contributed by atoms with Gasteiger partial charge < -0.3 is 34.2 Å².